The van der Waals surface area contributed by atoms with Crippen molar-refractivity contribution < 1.29 is 13.6 Å². The van der Waals surface area contributed by atoms with Crippen molar-refractivity contribution in [3.8, 4) is 11.5 Å². The van der Waals surface area contributed by atoms with Crippen LogP contribution < -0.4 is 10.6 Å². The van der Waals surface area contributed by atoms with Gasteiger partial charge in [0.2, 0.25) is 5.89 Å². The first-order valence-electron chi connectivity index (χ1n) is 10.7. The zero-order valence-corrected chi connectivity index (χ0v) is 18.7. The van der Waals surface area contributed by atoms with E-state index in [4.69, 9.17) is 9.40 Å². The van der Waals surface area contributed by atoms with Crippen LogP contribution in [-0.2, 0) is 6.54 Å². The predicted molar refractivity (Wildman–Crippen MR) is 129 cm³/mol. The fourth-order valence-electron chi connectivity index (χ4n) is 3.93. The first kappa shape index (κ1) is 22.9. The van der Waals surface area contributed by atoms with Crippen LogP contribution >= 0.6 is 12.4 Å². The summed E-state index contributed by atoms with van der Waals surface area (Å²) in [7, 11) is 0. The van der Waals surface area contributed by atoms with Gasteiger partial charge in [-0.15, -0.1) is 12.4 Å². The molecule has 0 spiro atoms. The number of carbonyl (C=O) groups is 1. The second kappa shape index (κ2) is 10.1. The molecule has 1 aliphatic rings. The number of nitrogens with one attached hydrogen (secondary N) is 2. The Morgan fingerprint density at radius 2 is 1.79 bits per heavy atom. The van der Waals surface area contributed by atoms with Crippen molar-refractivity contribution in [1.29, 1.82) is 0 Å². The van der Waals surface area contributed by atoms with Crippen LogP contribution in [0, 0.1) is 5.82 Å². The third-order valence-electron chi connectivity index (χ3n) is 5.61. The van der Waals surface area contributed by atoms with Crippen molar-refractivity contribution in [1.82, 2.24) is 15.2 Å². The molecule has 1 aliphatic heterocycles. The van der Waals surface area contributed by atoms with Gasteiger partial charge < -0.3 is 15.1 Å². The smallest absolute Gasteiger partial charge is 0.255 e. The molecule has 0 radical (unpaired) electrons. The summed E-state index contributed by atoms with van der Waals surface area (Å²) in [6.45, 7) is 4.76. The van der Waals surface area contributed by atoms with Crippen molar-refractivity contribution in [3.63, 3.8) is 0 Å². The summed E-state index contributed by atoms with van der Waals surface area (Å²) in [4.78, 5) is 19.7. The van der Waals surface area contributed by atoms with Gasteiger partial charge in [-0.1, -0.05) is 24.3 Å². The Balaban J connectivity index is 0.00000259. The average Bonchev–Trinajstić information content (AvgIpc) is 3.26. The lowest BCUT2D eigenvalue weighted by Gasteiger charge is -2.27. The second-order valence-corrected chi connectivity index (χ2v) is 7.82. The minimum absolute atomic E-state index is 0. The summed E-state index contributed by atoms with van der Waals surface area (Å²) in [6, 6.07) is 18.8. The Labute approximate surface area is 197 Å². The molecular formula is C25H24ClFN4O2. The summed E-state index contributed by atoms with van der Waals surface area (Å²) in [6.07, 6.45) is 0. The number of oxazole rings is 1. The Bertz CT molecular complexity index is 1250. The second-order valence-electron chi connectivity index (χ2n) is 7.82. The van der Waals surface area contributed by atoms with E-state index in [0.717, 1.165) is 49.4 Å². The minimum Gasteiger partial charge on any atom is -0.436 e. The average molecular weight is 467 g/mol. The number of hydrogen-bond donors (Lipinski definition) is 2. The van der Waals surface area contributed by atoms with Gasteiger partial charge in [-0.2, -0.15) is 0 Å². The van der Waals surface area contributed by atoms with Crippen LogP contribution in [0.15, 0.2) is 71.1 Å². The fraction of sp³-hybridized carbons (Fsp3) is 0.200. The molecule has 2 heterocycles. The van der Waals surface area contributed by atoms with Crippen LogP contribution in [0.3, 0.4) is 0 Å². The number of rotatable bonds is 5. The molecule has 0 atom stereocenters. The zero-order valence-electron chi connectivity index (χ0n) is 17.9. The van der Waals surface area contributed by atoms with Crippen LogP contribution in [0.1, 0.15) is 15.9 Å². The lowest BCUT2D eigenvalue weighted by molar-refractivity contribution is 0.102. The topological polar surface area (TPSA) is 70.4 Å². The standard InChI is InChI=1S/C25H23FN4O2.ClH/c26-19-10-8-17(9-11-19)24(31)28-21-6-2-1-5-20(21)25-29-22-7-3-4-18(23(22)32-25)16-30-14-12-27-13-15-30;/h1-11,27H,12-16H2,(H,28,31);1H. The van der Waals surface area contributed by atoms with Crippen molar-refractivity contribution in [2.24, 2.45) is 0 Å². The van der Waals surface area contributed by atoms with E-state index in [1.807, 2.05) is 30.3 Å². The van der Waals surface area contributed by atoms with Gasteiger partial charge in [0, 0.05) is 43.9 Å². The van der Waals surface area contributed by atoms with E-state index in [-0.39, 0.29) is 24.1 Å². The number of aromatic nitrogens is 1. The van der Waals surface area contributed by atoms with Crippen molar-refractivity contribution in [2.45, 2.75) is 6.54 Å². The number of piperazine rings is 1. The minimum atomic E-state index is -0.384. The number of carbonyl (C=O) groups excluding carboxylic acids is 1. The maximum absolute atomic E-state index is 13.2. The molecule has 1 amide bonds. The highest BCUT2D eigenvalue weighted by Gasteiger charge is 2.18. The molecule has 1 aromatic heterocycles. The fourth-order valence-corrected chi connectivity index (χ4v) is 3.93. The van der Waals surface area contributed by atoms with E-state index < -0.39 is 0 Å². The molecule has 1 saturated heterocycles. The van der Waals surface area contributed by atoms with Crippen LogP contribution in [0.4, 0.5) is 10.1 Å². The molecule has 33 heavy (non-hydrogen) atoms. The lowest BCUT2D eigenvalue weighted by atomic mass is 10.1. The summed E-state index contributed by atoms with van der Waals surface area (Å²) in [5.41, 5.74) is 4.28. The number of anilines is 1. The summed E-state index contributed by atoms with van der Waals surface area (Å²) < 4.78 is 19.4. The number of hydrogen-bond acceptors (Lipinski definition) is 5. The van der Waals surface area contributed by atoms with Gasteiger partial charge >= 0.3 is 0 Å². The summed E-state index contributed by atoms with van der Waals surface area (Å²) in [5, 5.41) is 6.26. The van der Waals surface area contributed by atoms with Crippen LogP contribution in [0.2, 0.25) is 0 Å². The number of halogens is 2. The SMILES string of the molecule is Cl.O=C(Nc1ccccc1-c1nc2cccc(CN3CCNCC3)c2o1)c1ccc(F)cc1. The van der Waals surface area contributed by atoms with Gasteiger partial charge in [-0.25, -0.2) is 9.37 Å². The van der Waals surface area contributed by atoms with Gasteiger partial charge in [0.1, 0.15) is 11.3 Å². The highest BCUT2D eigenvalue weighted by molar-refractivity contribution is 6.06. The Morgan fingerprint density at radius 3 is 2.58 bits per heavy atom. The lowest BCUT2D eigenvalue weighted by Crippen LogP contribution is -2.42. The van der Waals surface area contributed by atoms with Gasteiger partial charge in [0.05, 0.1) is 11.3 Å². The molecule has 3 aromatic carbocycles. The van der Waals surface area contributed by atoms with Crippen molar-refractivity contribution in [2.75, 3.05) is 31.5 Å². The third-order valence-corrected chi connectivity index (χ3v) is 5.61. The normalized spacial score (nSPS) is 14.1. The Hall–Kier alpha value is -3.26. The van der Waals surface area contributed by atoms with E-state index in [2.05, 4.69) is 21.6 Å². The number of amides is 1. The molecule has 2 N–H and O–H groups in total. The predicted octanol–water partition coefficient (Wildman–Crippen LogP) is 4.71. The Morgan fingerprint density at radius 1 is 1.03 bits per heavy atom. The quantitative estimate of drug-likeness (QED) is 0.445. The van der Waals surface area contributed by atoms with Gasteiger partial charge in [0.25, 0.3) is 5.91 Å². The first-order chi connectivity index (χ1) is 15.7. The molecule has 0 bridgehead atoms. The molecule has 0 aliphatic carbocycles. The van der Waals surface area contributed by atoms with Crippen LogP contribution in [0.25, 0.3) is 22.6 Å². The molecule has 170 valence electrons. The van der Waals surface area contributed by atoms with E-state index in [9.17, 15) is 9.18 Å². The van der Waals surface area contributed by atoms with Gasteiger partial charge in [-0.3, -0.25) is 9.69 Å². The molecule has 5 rings (SSSR count). The molecule has 1 fully saturated rings. The largest absolute Gasteiger partial charge is 0.436 e. The number of fused-ring (bicyclic) bond motifs is 1. The van der Waals surface area contributed by atoms with E-state index >= 15 is 0 Å². The van der Waals surface area contributed by atoms with Crippen molar-refractivity contribution in [3.05, 3.63) is 83.7 Å². The highest BCUT2D eigenvalue weighted by atomic mass is 35.5. The molecule has 0 unspecified atom stereocenters. The van der Waals surface area contributed by atoms with E-state index in [1.54, 1.807) is 6.07 Å². The van der Waals surface area contributed by atoms with Gasteiger partial charge in [-0.05, 0) is 42.5 Å². The molecule has 0 saturated carbocycles. The summed E-state index contributed by atoms with van der Waals surface area (Å²) >= 11 is 0. The molecular weight excluding hydrogens is 443 g/mol. The number of para-hydroxylation sites is 2. The van der Waals surface area contributed by atoms with Crippen LogP contribution in [-0.4, -0.2) is 42.0 Å². The zero-order chi connectivity index (χ0) is 21.9. The van der Waals surface area contributed by atoms with Crippen LogP contribution in [0.5, 0.6) is 0 Å². The number of benzene rings is 3. The molecule has 6 nitrogen and oxygen atoms in total. The number of nitrogens with zero attached hydrogens (tertiary/aromatic N) is 2. The third kappa shape index (κ3) is 5.06. The van der Waals surface area contributed by atoms with E-state index in [0.29, 0.717) is 22.7 Å². The molecule has 4 aromatic rings. The molecule has 8 heteroatoms. The van der Waals surface area contributed by atoms with E-state index in [1.165, 1.54) is 24.3 Å². The van der Waals surface area contributed by atoms with Gasteiger partial charge in [0.15, 0.2) is 5.58 Å². The monoisotopic (exact) mass is 466 g/mol. The summed E-state index contributed by atoms with van der Waals surface area (Å²) in [5.74, 6) is -0.263. The first-order valence-corrected chi connectivity index (χ1v) is 10.7. The van der Waals surface area contributed by atoms with Crippen molar-refractivity contribution >= 4 is 35.1 Å². The maximum atomic E-state index is 13.2. The Kier molecular flexibility index (Phi) is 7.03. The maximum Gasteiger partial charge on any atom is 0.255 e. The highest BCUT2D eigenvalue weighted by Crippen LogP contribution is 2.32.